The molecule has 1 aromatic heterocycles. The van der Waals surface area contributed by atoms with Crippen LogP contribution in [0.2, 0.25) is 5.02 Å². The lowest BCUT2D eigenvalue weighted by Crippen LogP contribution is -2.07. The lowest BCUT2D eigenvalue weighted by Gasteiger charge is -2.12. The van der Waals surface area contributed by atoms with Crippen molar-refractivity contribution in [1.29, 1.82) is 0 Å². The fourth-order valence-electron chi connectivity index (χ4n) is 1.81. The van der Waals surface area contributed by atoms with E-state index in [-0.39, 0.29) is 0 Å². The second-order valence-electron chi connectivity index (χ2n) is 3.87. The summed E-state index contributed by atoms with van der Waals surface area (Å²) in [5.41, 5.74) is 2.00. The Bertz CT molecular complexity index is 554. The molecule has 4 nitrogen and oxygen atoms in total. The smallest absolute Gasteiger partial charge is 0.163 e. The van der Waals surface area contributed by atoms with E-state index in [1.165, 1.54) is 0 Å². The first-order valence-corrected chi connectivity index (χ1v) is 6.33. The van der Waals surface area contributed by atoms with Crippen molar-refractivity contribution in [1.82, 2.24) is 14.8 Å². The van der Waals surface area contributed by atoms with Crippen LogP contribution in [-0.2, 0) is 17.2 Å². The summed E-state index contributed by atoms with van der Waals surface area (Å²) in [7, 11) is 1.62. The molecule has 0 radical (unpaired) electrons. The third-order valence-corrected chi connectivity index (χ3v) is 3.06. The number of hydrogen-bond donors (Lipinski definition) is 0. The van der Waals surface area contributed by atoms with Gasteiger partial charge < -0.3 is 4.74 Å². The van der Waals surface area contributed by atoms with Crippen LogP contribution in [0.3, 0.4) is 0 Å². The van der Waals surface area contributed by atoms with Gasteiger partial charge in [-0.25, -0.2) is 0 Å². The van der Waals surface area contributed by atoms with Crippen LogP contribution in [0.25, 0.3) is 5.69 Å². The highest BCUT2D eigenvalue weighted by molar-refractivity contribution is 6.30. The largest absolute Gasteiger partial charge is 0.377 e. The standard InChI is InChI=1S/C12H13Cl2N3O/c1-8-5-9(14)3-4-10(8)17-11(6-13)15-16-12(17)7-18-2/h3-5H,6-7H2,1-2H3. The van der Waals surface area contributed by atoms with Crippen LogP contribution in [0.15, 0.2) is 18.2 Å². The topological polar surface area (TPSA) is 39.9 Å². The van der Waals surface area contributed by atoms with E-state index < -0.39 is 0 Å². The quantitative estimate of drug-likeness (QED) is 0.811. The predicted molar refractivity (Wildman–Crippen MR) is 71.4 cm³/mol. The van der Waals surface area contributed by atoms with Gasteiger partial charge >= 0.3 is 0 Å². The number of halogens is 2. The van der Waals surface area contributed by atoms with Gasteiger partial charge in [0.05, 0.1) is 11.6 Å². The van der Waals surface area contributed by atoms with Crippen molar-refractivity contribution in [2.24, 2.45) is 0 Å². The Morgan fingerprint density at radius 3 is 2.61 bits per heavy atom. The van der Waals surface area contributed by atoms with Gasteiger partial charge in [0.15, 0.2) is 11.6 Å². The summed E-state index contributed by atoms with van der Waals surface area (Å²) >= 11 is 11.9. The first-order valence-electron chi connectivity index (χ1n) is 5.42. The van der Waals surface area contributed by atoms with Gasteiger partial charge in [0, 0.05) is 12.1 Å². The maximum atomic E-state index is 5.96. The van der Waals surface area contributed by atoms with Crippen LogP contribution < -0.4 is 0 Å². The van der Waals surface area contributed by atoms with Crippen molar-refractivity contribution in [3.63, 3.8) is 0 Å². The molecular weight excluding hydrogens is 273 g/mol. The van der Waals surface area contributed by atoms with Gasteiger partial charge in [0.2, 0.25) is 0 Å². The van der Waals surface area contributed by atoms with Crippen molar-refractivity contribution in [3.8, 4) is 5.69 Å². The molecule has 0 bridgehead atoms. The number of alkyl halides is 1. The second kappa shape index (κ2) is 5.69. The molecular formula is C12H13Cl2N3O. The molecule has 1 heterocycles. The van der Waals surface area contributed by atoms with Crippen LogP contribution in [0.4, 0.5) is 0 Å². The summed E-state index contributed by atoms with van der Waals surface area (Å²) in [6.45, 7) is 2.36. The lowest BCUT2D eigenvalue weighted by atomic mass is 10.2. The average Bonchev–Trinajstić information content (AvgIpc) is 2.73. The fraction of sp³-hybridized carbons (Fsp3) is 0.333. The third kappa shape index (κ3) is 2.51. The molecule has 0 aliphatic carbocycles. The molecule has 18 heavy (non-hydrogen) atoms. The molecule has 0 amide bonds. The number of methoxy groups -OCH3 is 1. The van der Waals surface area contributed by atoms with E-state index in [9.17, 15) is 0 Å². The molecule has 0 N–H and O–H groups in total. The monoisotopic (exact) mass is 285 g/mol. The van der Waals surface area contributed by atoms with Gasteiger partial charge in [-0.2, -0.15) is 0 Å². The molecule has 0 saturated carbocycles. The zero-order chi connectivity index (χ0) is 13.1. The van der Waals surface area contributed by atoms with Gasteiger partial charge in [-0.1, -0.05) is 11.6 Å². The number of nitrogens with zero attached hydrogens (tertiary/aromatic N) is 3. The van der Waals surface area contributed by atoms with Gasteiger partial charge in [0.1, 0.15) is 6.61 Å². The van der Waals surface area contributed by atoms with Gasteiger partial charge in [-0.05, 0) is 30.7 Å². The van der Waals surface area contributed by atoms with E-state index >= 15 is 0 Å². The van der Waals surface area contributed by atoms with E-state index in [0.717, 1.165) is 17.1 Å². The molecule has 0 atom stereocenters. The Morgan fingerprint density at radius 2 is 2.00 bits per heavy atom. The van der Waals surface area contributed by atoms with E-state index in [4.69, 9.17) is 27.9 Å². The number of hydrogen-bond acceptors (Lipinski definition) is 3. The zero-order valence-electron chi connectivity index (χ0n) is 10.2. The van der Waals surface area contributed by atoms with E-state index in [0.29, 0.717) is 23.3 Å². The van der Waals surface area contributed by atoms with Gasteiger partial charge in [0.25, 0.3) is 0 Å². The predicted octanol–water partition coefficient (Wildman–Crippen LogP) is 3.11. The molecule has 0 saturated heterocycles. The zero-order valence-corrected chi connectivity index (χ0v) is 11.7. The number of benzene rings is 1. The number of ether oxygens (including phenoxy) is 1. The number of aromatic nitrogens is 3. The van der Waals surface area contributed by atoms with Crippen LogP contribution in [0.1, 0.15) is 17.2 Å². The highest BCUT2D eigenvalue weighted by Gasteiger charge is 2.14. The highest BCUT2D eigenvalue weighted by atomic mass is 35.5. The number of aryl methyl sites for hydroxylation is 1. The Morgan fingerprint density at radius 1 is 1.28 bits per heavy atom. The Balaban J connectivity index is 2.57. The molecule has 96 valence electrons. The molecule has 0 aliphatic heterocycles. The fourth-order valence-corrected chi connectivity index (χ4v) is 2.21. The molecule has 6 heteroatoms. The minimum absolute atomic E-state index is 0.290. The summed E-state index contributed by atoms with van der Waals surface area (Å²) in [5, 5.41) is 8.85. The van der Waals surface area contributed by atoms with Crippen LogP contribution in [0.5, 0.6) is 0 Å². The van der Waals surface area contributed by atoms with Crippen LogP contribution >= 0.6 is 23.2 Å². The average molecular weight is 286 g/mol. The molecule has 2 aromatic rings. The Labute approximate surface area is 115 Å². The highest BCUT2D eigenvalue weighted by Crippen LogP contribution is 2.22. The molecule has 0 fully saturated rings. The molecule has 1 aromatic carbocycles. The minimum atomic E-state index is 0.290. The summed E-state index contributed by atoms with van der Waals surface area (Å²) < 4.78 is 7.02. The van der Waals surface area contributed by atoms with Gasteiger partial charge in [-0.15, -0.1) is 21.8 Å². The lowest BCUT2D eigenvalue weighted by molar-refractivity contribution is 0.176. The second-order valence-corrected chi connectivity index (χ2v) is 4.57. The number of rotatable bonds is 4. The van der Waals surface area contributed by atoms with E-state index in [2.05, 4.69) is 10.2 Å². The molecule has 2 rings (SSSR count). The van der Waals surface area contributed by atoms with Crippen molar-refractivity contribution < 1.29 is 4.74 Å². The van der Waals surface area contributed by atoms with E-state index in [1.807, 2.05) is 29.7 Å². The summed E-state index contributed by atoms with van der Waals surface area (Å²) in [6.07, 6.45) is 0. The molecule has 0 unspecified atom stereocenters. The summed E-state index contributed by atoms with van der Waals surface area (Å²) in [4.78, 5) is 0. The normalized spacial score (nSPS) is 10.9. The van der Waals surface area contributed by atoms with Crippen LogP contribution in [-0.4, -0.2) is 21.9 Å². The third-order valence-electron chi connectivity index (χ3n) is 2.59. The van der Waals surface area contributed by atoms with Crippen molar-refractivity contribution in [2.45, 2.75) is 19.4 Å². The maximum Gasteiger partial charge on any atom is 0.163 e. The Kier molecular flexibility index (Phi) is 4.22. The summed E-state index contributed by atoms with van der Waals surface area (Å²) in [5.74, 6) is 1.70. The first kappa shape index (κ1) is 13.3. The minimum Gasteiger partial charge on any atom is -0.377 e. The van der Waals surface area contributed by atoms with Crippen molar-refractivity contribution in [3.05, 3.63) is 40.4 Å². The molecule has 0 aliphatic rings. The Hall–Kier alpha value is -1.10. The maximum absolute atomic E-state index is 5.96. The molecule has 0 spiro atoms. The SMILES string of the molecule is COCc1nnc(CCl)n1-c1ccc(Cl)cc1C. The first-order chi connectivity index (χ1) is 8.67. The van der Waals surface area contributed by atoms with Gasteiger partial charge in [-0.3, -0.25) is 4.57 Å². The van der Waals surface area contributed by atoms with Crippen molar-refractivity contribution in [2.75, 3.05) is 7.11 Å². The van der Waals surface area contributed by atoms with Crippen molar-refractivity contribution >= 4 is 23.2 Å². The van der Waals surface area contributed by atoms with Crippen LogP contribution in [0, 0.1) is 6.92 Å². The summed E-state index contributed by atoms with van der Waals surface area (Å²) in [6, 6.07) is 5.65. The van der Waals surface area contributed by atoms with E-state index in [1.54, 1.807) is 7.11 Å².